The molecule has 2 nitrogen and oxygen atoms in total. The number of thiocarbonyl (C=S) groups is 1. The molecule has 0 saturated carbocycles. The van der Waals surface area contributed by atoms with Crippen molar-refractivity contribution >= 4 is 17.5 Å². The fraction of sp³-hybridized carbons (Fsp3) is 0.727. The molecule has 0 aromatic heterocycles. The van der Waals surface area contributed by atoms with E-state index in [1.165, 1.54) is 0 Å². The van der Waals surface area contributed by atoms with Crippen LogP contribution in [0, 0.1) is 17.3 Å². The van der Waals surface area contributed by atoms with Crippen LogP contribution < -0.4 is 0 Å². The Hall–Kier alpha value is -0.750. The van der Waals surface area contributed by atoms with Gasteiger partial charge in [-0.2, -0.15) is 0 Å². The summed E-state index contributed by atoms with van der Waals surface area (Å²) in [5.74, 6) is 6.29. The van der Waals surface area contributed by atoms with Gasteiger partial charge in [-0.25, -0.2) is 0 Å². The molecule has 0 spiro atoms. The van der Waals surface area contributed by atoms with Gasteiger partial charge >= 0.3 is 5.24 Å². The molecule has 0 radical (unpaired) electrons. The van der Waals surface area contributed by atoms with Gasteiger partial charge in [0.1, 0.15) is 0 Å². The second-order valence-corrected chi connectivity index (χ2v) is 5.01. The van der Waals surface area contributed by atoms with Crippen LogP contribution in [0.5, 0.6) is 0 Å². The van der Waals surface area contributed by atoms with E-state index in [9.17, 15) is 0 Å². The highest BCUT2D eigenvalue weighted by molar-refractivity contribution is 7.79. The fourth-order valence-corrected chi connectivity index (χ4v) is 1.27. The van der Waals surface area contributed by atoms with Gasteiger partial charge in [0.2, 0.25) is 0 Å². The average Bonchev–Trinajstić information content (AvgIpc) is 1.99. The zero-order valence-electron chi connectivity index (χ0n) is 9.14. The molecule has 1 saturated heterocycles. The number of ether oxygens (including phenoxy) is 2. The van der Waals surface area contributed by atoms with Crippen LogP contribution >= 0.6 is 12.2 Å². The first-order chi connectivity index (χ1) is 6.31. The van der Waals surface area contributed by atoms with Gasteiger partial charge in [0.05, 0.1) is 6.61 Å². The van der Waals surface area contributed by atoms with Gasteiger partial charge < -0.3 is 9.47 Å². The van der Waals surface area contributed by atoms with Crippen LogP contribution in [0.15, 0.2) is 0 Å². The summed E-state index contributed by atoms with van der Waals surface area (Å²) in [7, 11) is 0. The molecule has 0 aromatic carbocycles. The molecule has 0 aromatic rings. The first kappa shape index (κ1) is 11.3. The van der Waals surface area contributed by atoms with Crippen molar-refractivity contribution < 1.29 is 9.47 Å². The van der Waals surface area contributed by atoms with Gasteiger partial charge in [-0.3, -0.25) is 0 Å². The molecular formula is C11H16O2S. The van der Waals surface area contributed by atoms with Gasteiger partial charge in [-0.1, -0.05) is 11.8 Å². The van der Waals surface area contributed by atoms with Crippen LogP contribution in [0.2, 0.25) is 0 Å². The summed E-state index contributed by atoms with van der Waals surface area (Å²) >= 11 is 4.85. The largest absolute Gasteiger partial charge is 0.457 e. The van der Waals surface area contributed by atoms with Gasteiger partial charge in [0, 0.05) is 24.1 Å². The molecule has 3 heteroatoms. The Morgan fingerprint density at radius 1 is 1.43 bits per heavy atom. The minimum absolute atomic E-state index is 0.00765. The quantitative estimate of drug-likeness (QED) is 0.454. The Morgan fingerprint density at radius 2 is 2.07 bits per heavy atom. The predicted octanol–water partition coefficient (Wildman–Crippen LogP) is 2.52. The summed E-state index contributed by atoms with van der Waals surface area (Å²) in [6, 6.07) is 0. The van der Waals surface area contributed by atoms with E-state index in [1.807, 2.05) is 6.92 Å². The van der Waals surface area contributed by atoms with Gasteiger partial charge in [-0.05, 0) is 27.7 Å². The third kappa shape index (κ3) is 3.55. The summed E-state index contributed by atoms with van der Waals surface area (Å²) in [6.07, 6.45) is 0.760. The normalized spacial score (nSPS) is 27.0. The minimum atomic E-state index is -0.470. The molecule has 14 heavy (non-hydrogen) atoms. The highest BCUT2D eigenvalue weighted by Gasteiger charge is 2.30. The summed E-state index contributed by atoms with van der Waals surface area (Å²) in [5.41, 5.74) is -0.477. The summed E-state index contributed by atoms with van der Waals surface area (Å²) in [6.45, 7) is 8.75. The standard InChI is InChI=1S/C11H16O2S/c1-10(2,3)5-6-11(4)7-8-12-9(14)13-11/h7-8H2,1-4H3. The molecule has 1 aliphatic rings. The highest BCUT2D eigenvalue weighted by atomic mass is 32.1. The zero-order valence-corrected chi connectivity index (χ0v) is 9.96. The molecule has 0 aliphatic carbocycles. The van der Waals surface area contributed by atoms with Crippen molar-refractivity contribution in [1.82, 2.24) is 0 Å². The van der Waals surface area contributed by atoms with E-state index in [-0.39, 0.29) is 10.7 Å². The molecule has 1 rings (SSSR count). The summed E-state index contributed by atoms with van der Waals surface area (Å²) in [4.78, 5) is 0. The lowest BCUT2D eigenvalue weighted by Gasteiger charge is -2.30. The first-order valence-electron chi connectivity index (χ1n) is 4.71. The van der Waals surface area contributed by atoms with Crippen molar-refractivity contribution in [2.75, 3.05) is 6.61 Å². The molecule has 0 N–H and O–H groups in total. The Kier molecular flexibility index (Phi) is 3.06. The maximum Gasteiger partial charge on any atom is 0.353 e. The SMILES string of the molecule is CC(C)(C)C#CC1(C)CCOC(=S)O1. The molecule has 1 atom stereocenters. The molecule has 1 fully saturated rings. The Bertz CT molecular complexity index is 293. The smallest absolute Gasteiger partial charge is 0.353 e. The van der Waals surface area contributed by atoms with E-state index in [2.05, 4.69) is 32.6 Å². The number of hydrogen-bond acceptors (Lipinski definition) is 3. The average molecular weight is 212 g/mol. The van der Waals surface area contributed by atoms with E-state index >= 15 is 0 Å². The third-order valence-electron chi connectivity index (χ3n) is 1.81. The van der Waals surface area contributed by atoms with Crippen LogP contribution in [0.3, 0.4) is 0 Å². The molecule has 1 heterocycles. The molecule has 0 bridgehead atoms. The summed E-state index contributed by atoms with van der Waals surface area (Å²) in [5, 5.41) is 0.210. The second-order valence-electron chi connectivity index (χ2n) is 4.68. The highest BCUT2D eigenvalue weighted by Crippen LogP contribution is 2.21. The van der Waals surface area contributed by atoms with E-state index in [0.29, 0.717) is 6.61 Å². The van der Waals surface area contributed by atoms with E-state index < -0.39 is 5.60 Å². The molecule has 78 valence electrons. The van der Waals surface area contributed by atoms with Crippen molar-refractivity contribution in [3.8, 4) is 11.8 Å². The van der Waals surface area contributed by atoms with E-state index in [4.69, 9.17) is 21.7 Å². The van der Waals surface area contributed by atoms with Crippen LogP contribution in [0.4, 0.5) is 0 Å². The van der Waals surface area contributed by atoms with E-state index in [1.54, 1.807) is 0 Å². The summed E-state index contributed by atoms with van der Waals surface area (Å²) < 4.78 is 10.5. The van der Waals surface area contributed by atoms with Crippen LogP contribution in [0.25, 0.3) is 0 Å². The van der Waals surface area contributed by atoms with Crippen molar-refractivity contribution in [2.24, 2.45) is 5.41 Å². The van der Waals surface area contributed by atoms with E-state index in [0.717, 1.165) is 6.42 Å². The Balaban J connectivity index is 2.73. The molecular weight excluding hydrogens is 196 g/mol. The maximum atomic E-state index is 5.40. The molecule has 0 amide bonds. The van der Waals surface area contributed by atoms with Crippen LogP contribution in [-0.4, -0.2) is 17.4 Å². The van der Waals surface area contributed by atoms with Gasteiger partial charge in [0.15, 0.2) is 5.60 Å². The second kappa shape index (κ2) is 3.78. The van der Waals surface area contributed by atoms with Gasteiger partial charge in [-0.15, -0.1) is 0 Å². The van der Waals surface area contributed by atoms with Gasteiger partial charge in [0.25, 0.3) is 0 Å². The first-order valence-corrected chi connectivity index (χ1v) is 5.12. The fourth-order valence-electron chi connectivity index (χ4n) is 1.00. The topological polar surface area (TPSA) is 18.5 Å². The number of hydrogen-bond donors (Lipinski definition) is 0. The van der Waals surface area contributed by atoms with Crippen LogP contribution in [0.1, 0.15) is 34.1 Å². The monoisotopic (exact) mass is 212 g/mol. The lowest BCUT2D eigenvalue weighted by molar-refractivity contribution is 0.0168. The predicted molar refractivity (Wildman–Crippen MR) is 59.9 cm³/mol. The van der Waals surface area contributed by atoms with Crippen LogP contribution in [-0.2, 0) is 9.47 Å². The van der Waals surface area contributed by atoms with Crippen molar-refractivity contribution in [2.45, 2.75) is 39.7 Å². The minimum Gasteiger partial charge on any atom is -0.457 e. The third-order valence-corrected chi connectivity index (χ3v) is 2.01. The van der Waals surface area contributed by atoms with Crippen molar-refractivity contribution in [3.05, 3.63) is 0 Å². The lowest BCUT2D eigenvalue weighted by Crippen LogP contribution is -2.37. The zero-order chi connectivity index (χ0) is 10.8. The maximum absolute atomic E-state index is 5.40. The number of rotatable bonds is 0. The van der Waals surface area contributed by atoms with Crippen molar-refractivity contribution in [1.29, 1.82) is 0 Å². The Morgan fingerprint density at radius 3 is 2.57 bits per heavy atom. The molecule has 1 aliphatic heterocycles. The van der Waals surface area contributed by atoms with Crippen molar-refractivity contribution in [3.63, 3.8) is 0 Å². The lowest BCUT2D eigenvalue weighted by atomic mass is 9.94. The Labute approximate surface area is 91.0 Å². The molecule has 1 unspecified atom stereocenters.